The number of hydrogen-bond donors (Lipinski definition) is 1. The molecule has 88 valence electrons. The number of fused-ring (bicyclic) bond motifs is 1. The van der Waals surface area contributed by atoms with Gasteiger partial charge in [0.1, 0.15) is 0 Å². The Hall–Kier alpha value is -1.58. The number of rotatable bonds is 2. The standard InChI is InChI=1S/C12H18N2O2/c1-8-7-13-9-5-11(15-3)12(16-4)6-10(9)14(8)2/h5-6,8,13H,7H2,1-4H3. The molecule has 0 aliphatic carbocycles. The summed E-state index contributed by atoms with van der Waals surface area (Å²) in [5.74, 6) is 1.53. The van der Waals surface area contributed by atoms with Crippen molar-refractivity contribution >= 4 is 11.4 Å². The number of hydrogen-bond acceptors (Lipinski definition) is 4. The van der Waals surface area contributed by atoms with Crippen LogP contribution in [0.3, 0.4) is 0 Å². The van der Waals surface area contributed by atoms with Crippen molar-refractivity contribution in [1.29, 1.82) is 0 Å². The number of nitrogens with zero attached hydrogens (tertiary/aromatic N) is 1. The van der Waals surface area contributed by atoms with Crippen molar-refractivity contribution in [3.05, 3.63) is 12.1 Å². The lowest BCUT2D eigenvalue weighted by Crippen LogP contribution is -2.39. The maximum atomic E-state index is 5.31. The molecule has 0 radical (unpaired) electrons. The molecule has 16 heavy (non-hydrogen) atoms. The molecular formula is C12H18N2O2. The summed E-state index contributed by atoms with van der Waals surface area (Å²) in [4.78, 5) is 2.24. The molecule has 1 aromatic rings. The van der Waals surface area contributed by atoms with E-state index in [4.69, 9.17) is 9.47 Å². The zero-order chi connectivity index (χ0) is 11.7. The van der Waals surface area contributed by atoms with E-state index < -0.39 is 0 Å². The van der Waals surface area contributed by atoms with E-state index in [1.54, 1.807) is 14.2 Å². The third kappa shape index (κ3) is 1.64. The predicted octanol–water partition coefficient (Wildman–Crippen LogP) is 1.95. The highest BCUT2D eigenvalue weighted by Crippen LogP contribution is 2.40. The first-order valence-corrected chi connectivity index (χ1v) is 5.40. The Labute approximate surface area is 96.2 Å². The highest BCUT2D eigenvalue weighted by atomic mass is 16.5. The Morgan fingerprint density at radius 3 is 2.50 bits per heavy atom. The topological polar surface area (TPSA) is 33.7 Å². The monoisotopic (exact) mass is 222 g/mol. The van der Waals surface area contributed by atoms with Crippen LogP contribution in [0.5, 0.6) is 11.5 Å². The van der Waals surface area contributed by atoms with Crippen LogP contribution >= 0.6 is 0 Å². The molecular weight excluding hydrogens is 204 g/mol. The lowest BCUT2D eigenvalue weighted by atomic mass is 10.1. The smallest absolute Gasteiger partial charge is 0.162 e. The minimum atomic E-state index is 0.477. The third-order valence-electron chi connectivity index (χ3n) is 3.13. The van der Waals surface area contributed by atoms with E-state index >= 15 is 0 Å². The van der Waals surface area contributed by atoms with Gasteiger partial charge in [0, 0.05) is 31.8 Å². The van der Waals surface area contributed by atoms with Gasteiger partial charge in [-0.25, -0.2) is 0 Å². The van der Waals surface area contributed by atoms with Crippen molar-refractivity contribution in [2.75, 3.05) is 38.0 Å². The second kappa shape index (κ2) is 4.12. The fraction of sp³-hybridized carbons (Fsp3) is 0.500. The van der Waals surface area contributed by atoms with Gasteiger partial charge in [-0.15, -0.1) is 0 Å². The Morgan fingerprint density at radius 1 is 1.25 bits per heavy atom. The zero-order valence-corrected chi connectivity index (χ0v) is 10.2. The number of ether oxygens (including phenoxy) is 2. The Bertz CT molecular complexity index is 393. The molecule has 2 rings (SSSR count). The largest absolute Gasteiger partial charge is 0.493 e. The lowest BCUT2D eigenvalue weighted by molar-refractivity contribution is 0.355. The van der Waals surface area contributed by atoms with Crippen LogP contribution in [0.1, 0.15) is 6.92 Å². The lowest BCUT2D eigenvalue weighted by Gasteiger charge is -2.35. The quantitative estimate of drug-likeness (QED) is 0.829. The van der Waals surface area contributed by atoms with E-state index in [1.807, 2.05) is 12.1 Å². The van der Waals surface area contributed by atoms with Gasteiger partial charge in [0.15, 0.2) is 11.5 Å². The maximum absolute atomic E-state index is 5.31. The molecule has 0 fully saturated rings. The second-order valence-corrected chi connectivity index (χ2v) is 4.07. The number of likely N-dealkylation sites (N-methyl/N-ethyl adjacent to an activating group) is 1. The summed E-state index contributed by atoms with van der Waals surface area (Å²) in [6.07, 6.45) is 0. The average Bonchev–Trinajstić information content (AvgIpc) is 2.32. The molecule has 1 aromatic carbocycles. The van der Waals surface area contributed by atoms with Crippen molar-refractivity contribution in [3.8, 4) is 11.5 Å². The van der Waals surface area contributed by atoms with Crippen LogP contribution in [-0.2, 0) is 0 Å². The second-order valence-electron chi connectivity index (χ2n) is 4.07. The molecule has 0 saturated heterocycles. The van der Waals surface area contributed by atoms with Gasteiger partial charge in [-0.1, -0.05) is 0 Å². The van der Waals surface area contributed by atoms with Crippen molar-refractivity contribution < 1.29 is 9.47 Å². The van der Waals surface area contributed by atoms with Crippen molar-refractivity contribution in [2.24, 2.45) is 0 Å². The summed E-state index contributed by atoms with van der Waals surface area (Å²) < 4.78 is 10.6. The highest BCUT2D eigenvalue weighted by Gasteiger charge is 2.21. The molecule has 1 aliphatic rings. The van der Waals surface area contributed by atoms with Crippen LogP contribution in [-0.4, -0.2) is 33.9 Å². The summed E-state index contributed by atoms with van der Waals surface area (Å²) in [7, 11) is 5.40. The fourth-order valence-corrected chi connectivity index (χ4v) is 1.93. The first kappa shape index (κ1) is 10.9. The zero-order valence-electron chi connectivity index (χ0n) is 10.2. The molecule has 4 nitrogen and oxygen atoms in total. The molecule has 0 aromatic heterocycles. The summed E-state index contributed by atoms with van der Waals surface area (Å²) >= 11 is 0. The van der Waals surface area contributed by atoms with Gasteiger partial charge in [0.2, 0.25) is 0 Å². The summed E-state index contributed by atoms with van der Waals surface area (Å²) in [5, 5.41) is 3.39. The molecule has 0 amide bonds. The Balaban J connectivity index is 2.48. The van der Waals surface area contributed by atoms with Gasteiger partial charge in [-0.3, -0.25) is 0 Å². The van der Waals surface area contributed by atoms with E-state index in [1.165, 1.54) is 0 Å². The summed E-state index contributed by atoms with van der Waals surface area (Å²) in [5.41, 5.74) is 2.25. The van der Waals surface area contributed by atoms with E-state index in [0.29, 0.717) is 6.04 Å². The number of benzene rings is 1. The summed E-state index contributed by atoms with van der Waals surface area (Å²) in [6, 6.07) is 4.47. The van der Waals surface area contributed by atoms with Crippen LogP contribution in [0.25, 0.3) is 0 Å². The first-order chi connectivity index (χ1) is 7.67. The maximum Gasteiger partial charge on any atom is 0.162 e. The molecule has 1 N–H and O–H groups in total. The van der Waals surface area contributed by atoms with Gasteiger partial charge in [0.25, 0.3) is 0 Å². The Kier molecular flexibility index (Phi) is 2.81. The number of anilines is 2. The molecule has 1 atom stereocenters. The van der Waals surface area contributed by atoms with E-state index in [9.17, 15) is 0 Å². The summed E-state index contributed by atoms with van der Waals surface area (Å²) in [6.45, 7) is 3.13. The third-order valence-corrected chi connectivity index (χ3v) is 3.13. The van der Waals surface area contributed by atoms with Crippen LogP contribution in [0.15, 0.2) is 12.1 Å². The van der Waals surface area contributed by atoms with E-state index in [-0.39, 0.29) is 0 Å². The fourth-order valence-electron chi connectivity index (χ4n) is 1.93. The van der Waals surface area contributed by atoms with Crippen molar-refractivity contribution in [3.63, 3.8) is 0 Å². The van der Waals surface area contributed by atoms with E-state index in [2.05, 4.69) is 24.2 Å². The molecule has 4 heteroatoms. The number of nitrogens with one attached hydrogen (secondary N) is 1. The van der Waals surface area contributed by atoms with Crippen molar-refractivity contribution in [1.82, 2.24) is 0 Å². The number of methoxy groups -OCH3 is 2. The predicted molar refractivity (Wildman–Crippen MR) is 65.9 cm³/mol. The van der Waals surface area contributed by atoms with Crippen LogP contribution in [0.4, 0.5) is 11.4 Å². The van der Waals surface area contributed by atoms with Crippen LogP contribution in [0, 0.1) is 0 Å². The average molecular weight is 222 g/mol. The SMILES string of the molecule is COc1cc2c(cc1OC)N(C)C(C)CN2. The van der Waals surface area contributed by atoms with Crippen molar-refractivity contribution in [2.45, 2.75) is 13.0 Å². The minimum Gasteiger partial charge on any atom is -0.493 e. The minimum absolute atomic E-state index is 0.477. The van der Waals surface area contributed by atoms with Gasteiger partial charge < -0.3 is 19.7 Å². The molecule has 1 heterocycles. The first-order valence-electron chi connectivity index (χ1n) is 5.40. The van der Waals surface area contributed by atoms with Crippen LogP contribution < -0.4 is 19.7 Å². The van der Waals surface area contributed by atoms with Gasteiger partial charge in [0.05, 0.1) is 25.6 Å². The van der Waals surface area contributed by atoms with E-state index in [0.717, 1.165) is 29.4 Å². The molecule has 0 bridgehead atoms. The van der Waals surface area contributed by atoms with Gasteiger partial charge in [-0.2, -0.15) is 0 Å². The normalized spacial score (nSPS) is 18.8. The van der Waals surface area contributed by atoms with Gasteiger partial charge >= 0.3 is 0 Å². The molecule has 0 spiro atoms. The highest BCUT2D eigenvalue weighted by molar-refractivity contribution is 5.77. The molecule has 1 aliphatic heterocycles. The van der Waals surface area contributed by atoms with Crippen LogP contribution in [0.2, 0.25) is 0 Å². The Morgan fingerprint density at radius 2 is 1.88 bits per heavy atom. The molecule has 0 saturated carbocycles. The van der Waals surface area contributed by atoms with Gasteiger partial charge in [-0.05, 0) is 6.92 Å². The molecule has 1 unspecified atom stereocenters.